The third-order valence-electron chi connectivity index (χ3n) is 6.62. The molecule has 8 nitrogen and oxygen atoms in total. The smallest absolute Gasteiger partial charge is 0.328 e. The lowest BCUT2D eigenvalue weighted by molar-refractivity contribution is -0.169. The van der Waals surface area contributed by atoms with Crippen molar-refractivity contribution in [2.45, 2.75) is 44.9 Å². The van der Waals surface area contributed by atoms with Crippen LogP contribution in [0.3, 0.4) is 0 Å². The van der Waals surface area contributed by atoms with Gasteiger partial charge in [-0.3, -0.25) is 9.59 Å². The van der Waals surface area contributed by atoms with Crippen LogP contribution in [0.15, 0.2) is 66.7 Å². The fourth-order valence-corrected chi connectivity index (χ4v) is 4.84. The van der Waals surface area contributed by atoms with Crippen LogP contribution >= 0.6 is 0 Å². The van der Waals surface area contributed by atoms with Crippen LogP contribution in [0.1, 0.15) is 32.3 Å². The fourth-order valence-electron chi connectivity index (χ4n) is 4.84. The highest BCUT2D eigenvalue weighted by Gasteiger charge is 2.39. The Bertz CT molecular complexity index is 1340. The van der Waals surface area contributed by atoms with Gasteiger partial charge in [0.2, 0.25) is 18.6 Å². The van der Waals surface area contributed by atoms with Crippen molar-refractivity contribution in [3.05, 3.63) is 72.3 Å². The molecule has 0 saturated carbocycles. The molecular weight excluding hydrogens is 472 g/mol. The molecule has 2 N–H and O–H groups in total. The first-order chi connectivity index (χ1) is 17.8. The number of likely N-dealkylation sites (tertiary alicyclic amines) is 1. The summed E-state index contributed by atoms with van der Waals surface area (Å²) in [6.07, 6.45) is -0.732. The quantitative estimate of drug-likeness (QED) is 0.385. The summed E-state index contributed by atoms with van der Waals surface area (Å²) in [6, 6.07) is 21.6. The maximum absolute atomic E-state index is 13.1. The Hall–Kier alpha value is -4.17. The highest BCUT2D eigenvalue weighted by atomic mass is 16.7. The second-order valence-electron chi connectivity index (χ2n) is 9.51. The Morgan fingerprint density at radius 3 is 2.14 bits per heavy atom. The van der Waals surface area contributed by atoms with Gasteiger partial charge in [0, 0.05) is 36.0 Å². The number of hydrogen-bond acceptors (Lipinski definition) is 7. The Kier molecular flexibility index (Phi) is 6.43. The van der Waals surface area contributed by atoms with Gasteiger partial charge in [0.25, 0.3) is 0 Å². The molecule has 0 aromatic heterocycles. The Balaban J connectivity index is 1.52. The number of benzene rings is 3. The molecule has 3 aliphatic rings. The van der Waals surface area contributed by atoms with Crippen LogP contribution < -0.4 is 15.2 Å². The number of esters is 1. The van der Waals surface area contributed by atoms with Gasteiger partial charge in [-0.2, -0.15) is 0 Å². The first-order valence-corrected chi connectivity index (χ1v) is 12.2. The minimum Gasteiger partial charge on any atom is -0.457 e. The lowest BCUT2D eigenvalue weighted by atomic mass is 9.86. The first kappa shape index (κ1) is 24.5. The average molecular weight is 501 g/mol. The fraction of sp³-hybridized carbons (Fsp3) is 0.276. The molecule has 3 aromatic rings. The number of ether oxygens (including phenoxy) is 3. The Morgan fingerprint density at radius 1 is 0.973 bits per heavy atom. The molecule has 0 spiro atoms. The second-order valence-corrected chi connectivity index (χ2v) is 9.51. The highest BCUT2D eigenvalue weighted by Crippen LogP contribution is 2.49. The molecule has 190 valence electrons. The van der Waals surface area contributed by atoms with E-state index in [9.17, 15) is 14.4 Å². The number of imide groups is 1. The topological polar surface area (TPSA) is 108 Å². The predicted octanol–water partition coefficient (Wildman–Crippen LogP) is 4.05. The summed E-state index contributed by atoms with van der Waals surface area (Å²) >= 11 is 0. The van der Waals surface area contributed by atoms with Gasteiger partial charge in [0.15, 0.2) is 6.23 Å². The summed E-state index contributed by atoms with van der Waals surface area (Å²) in [6.45, 7) is 3.07. The number of carbonyl (C=O) groups excluding carboxylic acids is 3. The average Bonchev–Trinajstić information content (AvgIpc) is 3.03. The summed E-state index contributed by atoms with van der Waals surface area (Å²) in [5, 5.41) is 0. The normalized spacial score (nSPS) is 17.0. The van der Waals surface area contributed by atoms with Crippen molar-refractivity contribution in [3.8, 4) is 33.8 Å². The van der Waals surface area contributed by atoms with Crippen molar-refractivity contribution in [2.75, 3.05) is 6.79 Å². The van der Waals surface area contributed by atoms with Crippen molar-refractivity contribution >= 4 is 17.8 Å². The van der Waals surface area contributed by atoms with E-state index in [1.54, 1.807) is 6.92 Å². The maximum Gasteiger partial charge on any atom is 0.328 e. The number of hydrogen-bond donors (Lipinski definition) is 1. The van der Waals surface area contributed by atoms with Crippen LogP contribution in [0.5, 0.6) is 11.5 Å². The van der Waals surface area contributed by atoms with E-state index >= 15 is 0 Å². The van der Waals surface area contributed by atoms with E-state index in [0.29, 0.717) is 17.1 Å². The van der Waals surface area contributed by atoms with E-state index < -0.39 is 17.7 Å². The minimum absolute atomic E-state index is 0.0132. The van der Waals surface area contributed by atoms with E-state index in [4.69, 9.17) is 19.9 Å². The van der Waals surface area contributed by atoms with E-state index in [1.807, 2.05) is 66.7 Å². The molecule has 37 heavy (non-hydrogen) atoms. The summed E-state index contributed by atoms with van der Waals surface area (Å²) in [5.74, 6) is -0.262. The van der Waals surface area contributed by atoms with E-state index in [0.717, 1.165) is 27.2 Å². The Labute approximate surface area is 214 Å². The molecule has 1 saturated heterocycles. The lowest BCUT2D eigenvalue weighted by Crippen LogP contribution is -2.51. The summed E-state index contributed by atoms with van der Waals surface area (Å²) in [4.78, 5) is 38.2. The van der Waals surface area contributed by atoms with Gasteiger partial charge in [-0.15, -0.1) is 0 Å². The van der Waals surface area contributed by atoms with Gasteiger partial charge in [-0.05, 0) is 31.0 Å². The van der Waals surface area contributed by atoms with E-state index in [2.05, 4.69) is 0 Å². The van der Waals surface area contributed by atoms with E-state index in [-0.39, 0.29) is 37.9 Å². The molecule has 2 amide bonds. The molecular formula is C29H28N2O6. The third-order valence-corrected chi connectivity index (χ3v) is 6.62. The molecule has 3 aliphatic heterocycles. The molecule has 1 fully saturated rings. The Morgan fingerprint density at radius 2 is 1.54 bits per heavy atom. The van der Waals surface area contributed by atoms with Gasteiger partial charge in [-0.1, -0.05) is 60.7 Å². The van der Waals surface area contributed by atoms with Crippen molar-refractivity contribution < 1.29 is 28.6 Å². The van der Waals surface area contributed by atoms with Crippen LogP contribution in [0.2, 0.25) is 0 Å². The monoisotopic (exact) mass is 500 g/mol. The number of nitrogens with zero attached hydrogens (tertiary/aromatic N) is 1. The van der Waals surface area contributed by atoms with Gasteiger partial charge >= 0.3 is 5.97 Å². The van der Waals surface area contributed by atoms with Crippen LogP contribution in [0, 0.1) is 0 Å². The zero-order valence-corrected chi connectivity index (χ0v) is 20.7. The highest BCUT2D eigenvalue weighted by molar-refractivity contribution is 6.02. The predicted molar refractivity (Wildman–Crippen MR) is 136 cm³/mol. The largest absolute Gasteiger partial charge is 0.457 e. The third kappa shape index (κ3) is 4.68. The SMILES string of the molecule is CC(OC(=O)[C@@](C)(N)Cc1cc2c(-c3ccccc3)c(-c3ccccc3)c1OCO2)N1C(=O)CCC1=O. The molecule has 3 aromatic carbocycles. The zero-order chi connectivity index (χ0) is 26.2. The molecule has 1 unspecified atom stereocenters. The standard InChI is InChI=1S/C29H28N2O6/c1-18(31-23(32)13-14-24(31)33)37-28(34)29(2,30)16-21-15-22-25(19-9-5-3-6-10-19)26(27(21)36-17-35-22)20-11-7-4-8-12-20/h3-12,15,18H,13-14,16-17,30H2,1-2H3/t18?,29-/m0/s1. The van der Waals surface area contributed by atoms with Crippen LogP contribution in [0.4, 0.5) is 0 Å². The molecule has 3 heterocycles. The summed E-state index contributed by atoms with van der Waals surface area (Å²) in [5.41, 5.74) is 9.35. The van der Waals surface area contributed by atoms with Crippen LogP contribution in [0.25, 0.3) is 22.3 Å². The van der Waals surface area contributed by atoms with Gasteiger partial charge < -0.3 is 19.9 Å². The number of nitrogens with two attached hydrogens (primary N) is 1. The molecule has 0 radical (unpaired) electrons. The van der Waals surface area contributed by atoms with Crippen LogP contribution in [-0.4, -0.2) is 41.2 Å². The number of rotatable bonds is 7. The van der Waals surface area contributed by atoms with Crippen molar-refractivity contribution in [2.24, 2.45) is 5.73 Å². The van der Waals surface area contributed by atoms with Gasteiger partial charge in [-0.25, -0.2) is 9.69 Å². The first-order valence-electron chi connectivity index (χ1n) is 12.2. The van der Waals surface area contributed by atoms with Crippen molar-refractivity contribution in [1.82, 2.24) is 4.90 Å². The van der Waals surface area contributed by atoms with Crippen molar-refractivity contribution in [1.29, 1.82) is 0 Å². The van der Waals surface area contributed by atoms with Crippen molar-refractivity contribution in [3.63, 3.8) is 0 Å². The number of fused-ring (bicyclic) bond motifs is 4. The van der Waals surface area contributed by atoms with Gasteiger partial charge in [0.1, 0.15) is 17.0 Å². The lowest BCUT2D eigenvalue weighted by Gasteiger charge is -2.29. The minimum atomic E-state index is -1.47. The zero-order valence-electron chi connectivity index (χ0n) is 20.7. The number of carbonyl (C=O) groups is 3. The molecule has 8 heteroatoms. The van der Waals surface area contributed by atoms with Crippen LogP contribution in [-0.2, 0) is 25.5 Å². The molecule has 2 bridgehead atoms. The van der Waals surface area contributed by atoms with E-state index in [1.165, 1.54) is 6.92 Å². The number of amides is 2. The molecule has 0 aliphatic carbocycles. The van der Waals surface area contributed by atoms with Gasteiger partial charge in [0.05, 0.1) is 0 Å². The molecule has 6 rings (SSSR count). The molecule has 2 atom stereocenters. The summed E-state index contributed by atoms with van der Waals surface area (Å²) < 4.78 is 17.5. The maximum atomic E-state index is 13.1. The summed E-state index contributed by atoms with van der Waals surface area (Å²) in [7, 11) is 0. The second kappa shape index (κ2) is 9.71.